The maximum absolute atomic E-state index is 6.30. The van der Waals surface area contributed by atoms with Gasteiger partial charge in [-0.15, -0.1) is 0 Å². The van der Waals surface area contributed by atoms with E-state index in [1.165, 1.54) is 60.1 Å². The monoisotopic (exact) mass is 287 g/mol. The molecule has 0 radical (unpaired) electrons. The SMILES string of the molecule is Cc1c2c(c(C3(CN)CCCCC3)c3c1OCC3)OCC2. The summed E-state index contributed by atoms with van der Waals surface area (Å²) in [6.45, 7) is 4.55. The lowest BCUT2D eigenvalue weighted by Crippen LogP contribution is -2.38. The van der Waals surface area contributed by atoms with E-state index < -0.39 is 0 Å². The summed E-state index contributed by atoms with van der Waals surface area (Å²) in [7, 11) is 0. The summed E-state index contributed by atoms with van der Waals surface area (Å²) >= 11 is 0. The van der Waals surface area contributed by atoms with Crippen LogP contribution in [0.1, 0.15) is 54.4 Å². The third-order valence-corrected chi connectivity index (χ3v) is 5.80. The summed E-state index contributed by atoms with van der Waals surface area (Å²) in [5, 5.41) is 0. The maximum Gasteiger partial charge on any atom is 0.127 e. The van der Waals surface area contributed by atoms with Crippen LogP contribution in [0.4, 0.5) is 0 Å². The van der Waals surface area contributed by atoms with Gasteiger partial charge in [0, 0.05) is 41.5 Å². The van der Waals surface area contributed by atoms with Gasteiger partial charge in [0.1, 0.15) is 11.5 Å². The van der Waals surface area contributed by atoms with Crippen LogP contribution < -0.4 is 15.2 Å². The molecule has 0 unspecified atom stereocenters. The van der Waals surface area contributed by atoms with E-state index in [9.17, 15) is 0 Å². The molecule has 2 N–H and O–H groups in total. The van der Waals surface area contributed by atoms with Crippen LogP contribution in [0.3, 0.4) is 0 Å². The Morgan fingerprint density at radius 1 is 0.952 bits per heavy atom. The van der Waals surface area contributed by atoms with E-state index in [1.54, 1.807) is 0 Å². The largest absolute Gasteiger partial charge is 0.493 e. The molecule has 0 bridgehead atoms. The van der Waals surface area contributed by atoms with E-state index in [4.69, 9.17) is 15.2 Å². The fourth-order valence-corrected chi connectivity index (χ4v) is 4.69. The van der Waals surface area contributed by atoms with Gasteiger partial charge in [0.2, 0.25) is 0 Å². The standard InChI is InChI=1S/C18H25NO2/c1-12-13-5-9-21-17(13)15(14-6-10-20-16(12)14)18(11-19)7-3-2-4-8-18/h2-11,19H2,1H3. The Labute approximate surface area is 126 Å². The van der Waals surface area contributed by atoms with Crippen molar-refractivity contribution in [2.45, 2.75) is 57.3 Å². The lowest BCUT2D eigenvalue weighted by molar-refractivity contribution is 0.281. The minimum absolute atomic E-state index is 0.123. The van der Waals surface area contributed by atoms with Gasteiger partial charge in [-0.25, -0.2) is 0 Å². The highest BCUT2D eigenvalue weighted by atomic mass is 16.5. The molecule has 3 aliphatic rings. The molecule has 1 aliphatic carbocycles. The summed E-state index contributed by atoms with van der Waals surface area (Å²) in [6, 6.07) is 0. The third kappa shape index (κ3) is 1.83. The van der Waals surface area contributed by atoms with Gasteiger partial charge >= 0.3 is 0 Å². The van der Waals surface area contributed by atoms with Gasteiger partial charge in [0.05, 0.1) is 13.2 Å². The summed E-state index contributed by atoms with van der Waals surface area (Å²) in [5.41, 5.74) is 11.9. The predicted molar refractivity (Wildman–Crippen MR) is 83.4 cm³/mol. The van der Waals surface area contributed by atoms with Crippen molar-refractivity contribution >= 4 is 0 Å². The van der Waals surface area contributed by atoms with Gasteiger partial charge in [0.25, 0.3) is 0 Å². The summed E-state index contributed by atoms with van der Waals surface area (Å²) in [4.78, 5) is 0. The number of hydrogen-bond acceptors (Lipinski definition) is 3. The van der Waals surface area contributed by atoms with Crippen molar-refractivity contribution < 1.29 is 9.47 Å². The Kier molecular flexibility index (Phi) is 3.14. The lowest BCUT2D eigenvalue weighted by Gasteiger charge is -2.39. The molecule has 3 heteroatoms. The van der Waals surface area contributed by atoms with Gasteiger partial charge in [0.15, 0.2) is 0 Å². The van der Waals surface area contributed by atoms with E-state index in [1.807, 2.05) is 0 Å². The zero-order valence-corrected chi connectivity index (χ0v) is 13.0. The molecule has 21 heavy (non-hydrogen) atoms. The first-order valence-corrected chi connectivity index (χ1v) is 8.41. The average Bonchev–Trinajstić information content (AvgIpc) is 3.17. The molecule has 3 nitrogen and oxygen atoms in total. The van der Waals surface area contributed by atoms with Crippen LogP contribution in [0.5, 0.6) is 11.5 Å². The van der Waals surface area contributed by atoms with Gasteiger partial charge in [-0.05, 0) is 25.3 Å². The molecule has 114 valence electrons. The topological polar surface area (TPSA) is 44.5 Å². The highest BCUT2D eigenvalue weighted by molar-refractivity contribution is 5.64. The summed E-state index contributed by atoms with van der Waals surface area (Å²) in [6.07, 6.45) is 8.36. The van der Waals surface area contributed by atoms with Gasteiger partial charge in [-0.1, -0.05) is 19.3 Å². The molecule has 0 atom stereocenters. The van der Waals surface area contributed by atoms with Crippen molar-refractivity contribution in [3.8, 4) is 11.5 Å². The van der Waals surface area contributed by atoms with E-state index >= 15 is 0 Å². The fraction of sp³-hybridized carbons (Fsp3) is 0.667. The molecular formula is C18H25NO2. The van der Waals surface area contributed by atoms with E-state index in [0.29, 0.717) is 0 Å². The smallest absolute Gasteiger partial charge is 0.127 e. The second-order valence-corrected chi connectivity index (χ2v) is 6.86. The molecule has 1 aromatic carbocycles. The molecule has 0 amide bonds. The van der Waals surface area contributed by atoms with Gasteiger partial charge in [-0.3, -0.25) is 0 Å². The molecule has 0 spiro atoms. The number of benzene rings is 1. The number of rotatable bonds is 2. The molecule has 0 saturated heterocycles. The molecule has 2 aliphatic heterocycles. The minimum atomic E-state index is 0.123. The molecular weight excluding hydrogens is 262 g/mol. The van der Waals surface area contributed by atoms with Crippen molar-refractivity contribution in [2.75, 3.05) is 19.8 Å². The first-order chi connectivity index (χ1) is 10.3. The van der Waals surface area contributed by atoms with Crippen LogP contribution in [0.15, 0.2) is 0 Å². The molecule has 4 rings (SSSR count). The van der Waals surface area contributed by atoms with Crippen LogP contribution in [0.25, 0.3) is 0 Å². The second kappa shape index (κ2) is 4.91. The molecule has 1 aromatic rings. The summed E-state index contributed by atoms with van der Waals surface area (Å²) in [5.74, 6) is 2.32. The number of hydrogen-bond donors (Lipinski definition) is 1. The average molecular weight is 287 g/mol. The van der Waals surface area contributed by atoms with Gasteiger partial charge in [-0.2, -0.15) is 0 Å². The van der Waals surface area contributed by atoms with Gasteiger partial charge < -0.3 is 15.2 Å². The highest BCUT2D eigenvalue weighted by Gasteiger charge is 2.41. The van der Waals surface area contributed by atoms with E-state index in [-0.39, 0.29) is 5.41 Å². The second-order valence-electron chi connectivity index (χ2n) is 6.86. The van der Waals surface area contributed by atoms with Crippen LogP contribution in [-0.2, 0) is 18.3 Å². The third-order valence-electron chi connectivity index (χ3n) is 5.80. The van der Waals surface area contributed by atoms with Crippen LogP contribution in [-0.4, -0.2) is 19.8 Å². The Morgan fingerprint density at radius 3 is 2.33 bits per heavy atom. The Morgan fingerprint density at radius 2 is 1.62 bits per heavy atom. The zero-order chi connectivity index (χ0) is 14.4. The molecule has 1 saturated carbocycles. The highest BCUT2D eigenvalue weighted by Crippen LogP contribution is 2.52. The van der Waals surface area contributed by atoms with Crippen LogP contribution in [0.2, 0.25) is 0 Å². The predicted octanol–water partition coefficient (Wildman–Crippen LogP) is 3.03. The Hall–Kier alpha value is -1.22. The van der Waals surface area contributed by atoms with Crippen molar-refractivity contribution in [1.29, 1.82) is 0 Å². The molecule has 0 aromatic heterocycles. The first-order valence-electron chi connectivity index (χ1n) is 8.41. The van der Waals surface area contributed by atoms with Crippen molar-refractivity contribution in [1.82, 2.24) is 0 Å². The lowest BCUT2D eigenvalue weighted by atomic mass is 9.67. The minimum Gasteiger partial charge on any atom is -0.493 e. The van der Waals surface area contributed by atoms with Crippen molar-refractivity contribution in [3.05, 3.63) is 22.3 Å². The zero-order valence-electron chi connectivity index (χ0n) is 13.0. The maximum atomic E-state index is 6.30. The van der Waals surface area contributed by atoms with E-state index in [2.05, 4.69) is 6.92 Å². The van der Waals surface area contributed by atoms with Crippen molar-refractivity contribution in [2.24, 2.45) is 5.73 Å². The normalized spacial score (nSPS) is 22.4. The number of ether oxygens (including phenoxy) is 2. The molecule has 2 heterocycles. The summed E-state index contributed by atoms with van der Waals surface area (Å²) < 4.78 is 12.1. The fourth-order valence-electron chi connectivity index (χ4n) is 4.69. The first kappa shape index (κ1) is 13.4. The molecule has 1 fully saturated rings. The number of fused-ring (bicyclic) bond motifs is 2. The quantitative estimate of drug-likeness (QED) is 0.909. The Bertz CT molecular complexity index is 538. The van der Waals surface area contributed by atoms with E-state index in [0.717, 1.165) is 38.3 Å². The van der Waals surface area contributed by atoms with Crippen LogP contribution in [0, 0.1) is 6.92 Å². The number of nitrogens with two attached hydrogens (primary N) is 1. The Balaban J connectivity index is 1.96. The van der Waals surface area contributed by atoms with Crippen molar-refractivity contribution in [3.63, 3.8) is 0 Å². The van der Waals surface area contributed by atoms with Crippen LogP contribution >= 0.6 is 0 Å².